The Bertz CT molecular complexity index is 454. The summed E-state index contributed by atoms with van der Waals surface area (Å²) in [5.74, 6) is 0.00671. The number of hydrogen-bond donors (Lipinski definition) is 3. The fraction of sp³-hybridized carbons (Fsp3) is 0.562. The number of nitrogens with one attached hydrogen (secondary N) is 2. The van der Waals surface area contributed by atoms with Gasteiger partial charge in [0.05, 0.1) is 5.60 Å². The molecule has 0 saturated carbocycles. The van der Waals surface area contributed by atoms with Crippen LogP contribution in [-0.4, -0.2) is 36.2 Å². The van der Waals surface area contributed by atoms with Crippen molar-refractivity contribution in [3.63, 3.8) is 0 Å². The highest BCUT2D eigenvalue weighted by Gasteiger charge is 2.29. The topological polar surface area (TPSA) is 61.4 Å². The number of aryl methyl sites for hydroxylation is 2. The van der Waals surface area contributed by atoms with Crippen molar-refractivity contribution in [2.24, 2.45) is 0 Å². The first-order chi connectivity index (χ1) is 9.59. The molecular formula is C16H24N2O2. The van der Waals surface area contributed by atoms with Crippen LogP contribution < -0.4 is 10.6 Å². The molecule has 0 spiro atoms. The van der Waals surface area contributed by atoms with E-state index < -0.39 is 5.60 Å². The Morgan fingerprint density at radius 1 is 1.45 bits per heavy atom. The number of rotatable bonds is 5. The quantitative estimate of drug-likeness (QED) is 0.756. The Morgan fingerprint density at radius 2 is 2.25 bits per heavy atom. The van der Waals surface area contributed by atoms with Gasteiger partial charge in [0.1, 0.15) is 0 Å². The van der Waals surface area contributed by atoms with Gasteiger partial charge in [0.25, 0.3) is 0 Å². The zero-order chi connectivity index (χ0) is 14.4. The SMILES string of the molecule is Cc1ccccc1CCC(=O)NC[C@@]1(O)CCCNC1. The minimum absolute atomic E-state index is 0.00671. The number of benzene rings is 1. The van der Waals surface area contributed by atoms with Crippen LogP contribution in [0.2, 0.25) is 0 Å². The van der Waals surface area contributed by atoms with Gasteiger partial charge in [0, 0.05) is 19.5 Å². The van der Waals surface area contributed by atoms with Gasteiger partial charge in [-0.15, -0.1) is 0 Å². The summed E-state index contributed by atoms with van der Waals surface area (Å²) >= 11 is 0. The molecule has 0 aromatic heterocycles. The summed E-state index contributed by atoms with van der Waals surface area (Å²) in [4.78, 5) is 11.9. The minimum atomic E-state index is -0.781. The summed E-state index contributed by atoms with van der Waals surface area (Å²) < 4.78 is 0. The van der Waals surface area contributed by atoms with Gasteiger partial charge >= 0.3 is 0 Å². The average molecular weight is 276 g/mol. The number of aliphatic hydroxyl groups is 1. The molecule has 1 fully saturated rings. The first kappa shape index (κ1) is 15.0. The predicted octanol–water partition coefficient (Wildman–Crippen LogP) is 1.16. The lowest BCUT2D eigenvalue weighted by atomic mass is 9.94. The van der Waals surface area contributed by atoms with Gasteiger partial charge in [0.2, 0.25) is 5.91 Å². The highest BCUT2D eigenvalue weighted by atomic mass is 16.3. The molecule has 2 rings (SSSR count). The van der Waals surface area contributed by atoms with Crippen molar-refractivity contribution < 1.29 is 9.90 Å². The molecule has 4 heteroatoms. The average Bonchev–Trinajstić information content (AvgIpc) is 2.45. The highest BCUT2D eigenvalue weighted by molar-refractivity contribution is 5.76. The summed E-state index contributed by atoms with van der Waals surface area (Å²) in [5.41, 5.74) is 1.65. The van der Waals surface area contributed by atoms with E-state index in [9.17, 15) is 9.90 Å². The van der Waals surface area contributed by atoms with Crippen LogP contribution in [0.4, 0.5) is 0 Å². The smallest absolute Gasteiger partial charge is 0.220 e. The Morgan fingerprint density at radius 3 is 2.95 bits per heavy atom. The molecule has 1 aliphatic rings. The molecule has 1 heterocycles. The van der Waals surface area contributed by atoms with Crippen molar-refractivity contribution in [1.29, 1.82) is 0 Å². The zero-order valence-electron chi connectivity index (χ0n) is 12.1. The standard InChI is InChI=1S/C16H24N2O2/c1-13-5-2-3-6-14(13)7-8-15(19)18-12-16(20)9-4-10-17-11-16/h2-3,5-6,17,20H,4,7-12H2,1H3,(H,18,19)/t16-/m1/s1. The van der Waals surface area contributed by atoms with Gasteiger partial charge in [-0.1, -0.05) is 24.3 Å². The third-order valence-corrected chi connectivity index (χ3v) is 3.95. The van der Waals surface area contributed by atoms with Crippen LogP contribution >= 0.6 is 0 Å². The molecule has 0 radical (unpaired) electrons. The third kappa shape index (κ3) is 4.32. The molecular weight excluding hydrogens is 252 g/mol. The second-order valence-electron chi connectivity index (χ2n) is 5.71. The second kappa shape index (κ2) is 6.86. The van der Waals surface area contributed by atoms with E-state index in [-0.39, 0.29) is 5.91 Å². The Hall–Kier alpha value is -1.39. The Kier molecular flexibility index (Phi) is 5.15. The van der Waals surface area contributed by atoms with Crippen molar-refractivity contribution in [2.45, 2.75) is 38.2 Å². The molecule has 1 atom stereocenters. The Labute approximate surface area is 120 Å². The molecule has 1 aromatic rings. The van der Waals surface area contributed by atoms with E-state index in [4.69, 9.17) is 0 Å². The van der Waals surface area contributed by atoms with Crippen LogP contribution in [0, 0.1) is 6.92 Å². The van der Waals surface area contributed by atoms with Crippen molar-refractivity contribution >= 4 is 5.91 Å². The maximum atomic E-state index is 11.9. The van der Waals surface area contributed by atoms with Crippen LogP contribution in [0.3, 0.4) is 0 Å². The van der Waals surface area contributed by atoms with Gasteiger partial charge in [-0.3, -0.25) is 4.79 Å². The van der Waals surface area contributed by atoms with Gasteiger partial charge < -0.3 is 15.7 Å². The highest BCUT2D eigenvalue weighted by Crippen LogP contribution is 2.15. The third-order valence-electron chi connectivity index (χ3n) is 3.95. The molecule has 1 aromatic carbocycles. The predicted molar refractivity (Wildman–Crippen MR) is 79.6 cm³/mol. The van der Waals surface area contributed by atoms with Crippen LogP contribution in [0.15, 0.2) is 24.3 Å². The zero-order valence-corrected chi connectivity index (χ0v) is 12.1. The van der Waals surface area contributed by atoms with Crippen molar-refractivity contribution in [1.82, 2.24) is 10.6 Å². The molecule has 1 amide bonds. The van der Waals surface area contributed by atoms with Crippen molar-refractivity contribution in [3.8, 4) is 0 Å². The van der Waals surface area contributed by atoms with E-state index in [1.165, 1.54) is 11.1 Å². The van der Waals surface area contributed by atoms with Crippen LogP contribution in [-0.2, 0) is 11.2 Å². The van der Waals surface area contributed by atoms with Crippen molar-refractivity contribution in [2.75, 3.05) is 19.6 Å². The van der Waals surface area contributed by atoms with E-state index in [1.807, 2.05) is 12.1 Å². The molecule has 20 heavy (non-hydrogen) atoms. The van der Waals surface area contributed by atoms with E-state index in [1.54, 1.807) is 0 Å². The number of amides is 1. The summed E-state index contributed by atoms with van der Waals surface area (Å²) in [6.07, 6.45) is 2.91. The molecule has 0 aliphatic carbocycles. The number of piperidine rings is 1. The van der Waals surface area contributed by atoms with Crippen LogP contribution in [0.25, 0.3) is 0 Å². The molecule has 4 nitrogen and oxygen atoms in total. The van der Waals surface area contributed by atoms with Gasteiger partial charge in [-0.25, -0.2) is 0 Å². The first-order valence-electron chi connectivity index (χ1n) is 7.33. The van der Waals surface area contributed by atoms with Crippen LogP contribution in [0.1, 0.15) is 30.4 Å². The van der Waals surface area contributed by atoms with Crippen LogP contribution in [0.5, 0.6) is 0 Å². The lowest BCUT2D eigenvalue weighted by Crippen LogP contribution is -2.52. The maximum Gasteiger partial charge on any atom is 0.220 e. The molecule has 1 aliphatic heterocycles. The lowest BCUT2D eigenvalue weighted by molar-refractivity contribution is -0.122. The maximum absolute atomic E-state index is 11.9. The lowest BCUT2D eigenvalue weighted by Gasteiger charge is -2.32. The van der Waals surface area contributed by atoms with Crippen molar-refractivity contribution in [3.05, 3.63) is 35.4 Å². The minimum Gasteiger partial charge on any atom is -0.387 e. The van der Waals surface area contributed by atoms with E-state index in [2.05, 4.69) is 29.7 Å². The largest absolute Gasteiger partial charge is 0.387 e. The van der Waals surface area contributed by atoms with E-state index in [0.29, 0.717) is 19.5 Å². The molecule has 3 N–H and O–H groups in total. The van der Waals surface area contributed by atoms with E-state index in [0.717, 1.165) is 25.8 Å². The summed E-state index contributed by atoms with van der Waals surface area (Å²) in [7, 11) is 0. The van der Waals surface area contributed by atoms with Gasteiger partial charge in [-0.2, -0.15) is 0 Å². The Balaban J connectivity index is 1.74. The summed E-state index contributed by atoms with van der Waals surface area (Å²) in [6.45, 7) is 3.91. The molecule has 110 valence electrons. The fourth-order valence-electron chi connectivity index (χ4n) is 2.59. The molecule has 0 unspecified atom stereocenters. The van der Waals surface area contributed by atoms with Gasteiger partial charge in [-0.05, 0) is 43.9 Å². The summed E-state index contributed by atoms with van der Waals surface area (Å²) in [5, 5.41) is 16.3. The summed E-state index contributed by atoms with van der Waals surface area (Å²) in [6, 6.07) is 8.12. The number of β-amino-alcohol motifs (C(OH)–C–C–N with tert-alkyl or cyclic N) is 1. The first-order valence-corrected chi connectivity index (χ1v) is 7.33. The number of carbonyl (C=O) groups is 1. The monoisotopic (exact) mass is 276 g/mol. The van der Waals surface area contributed by atoms with Gasteiger partial charge in [0.15, 0.2) is 0 Å². The molecule has 1 saturated heterocycles. The number of hydrogen-bond acceptors (Lipinski definition) is 3. The molecule has 0 bridgehead atoms. The normalized spacial score (nSPS) is 22.5. The number of carbonyl (C=O) groups excluding carboxylic acids is 1. The second-order valence-corrected chi connectivity index (χ2v) is 5.71. The fourth-order valence-corrected chi connectivity index (χ4v) is 2.59. The van der Waals surface area contributed by atoms with E-state index >= 15 is 0 Å².